The third-order valence-corrected chi connectivity index (χ3v) is 3.06. The molecule has 88 valence electrons. The van der Waals surface area contributed by atoms with Gasteiger partial charge in [0.05, 0.1) is 0 Å². The Morgan fingerprint density at radius 2 is 1.65 bits per heavy atom. The van der Waals surface area contributed by atoms with Crippen molar-refractivity contribution < 1.29 is 0 Å². The molecule has 2 aromatic rings. The van der Waals surface area contributed by atoms with Crippen molar-refractivity contribution in [1.82, 2.24) is 0 Å². The molecule has 1 heteroatoms. The van der Waals surface area contributed by atoms with Crippen LogP contribution in [-0.4, -0.2) is 0 Å². The van der Waals surface area contributed by atoms with Crippen LogP contribution in [0.1, 0.15) is 30.9 Å². The minimum atomic E-state index is 0.474. The molecule has 0 saturated carbocycles. The molecule has 0 amide bonds. The van der Waals surface area contributed by atoms with E-state index in [0.717, 1.165) is 5.69 Å². The molecule has 0 aromatic heterocycles. The number of aryl methyl sites for hydroxylation is 1. The van der Waals surface area contributed by atoms with Crippen molar-refractivity contribution in [3.05, 3.63) is 53.6 Å². The van der Waals surface area contributed by atoms with E-state index in [1.807, 2.05) is 0 Å². The molecule has 0 spiro atoms. The van der Waals surface area contributed by atoms with Crippen molar-refractivity contribution in [3.63, 3.8) is 0 Å². The molecule has 1 nitrogen and oxygen atoms in total. The van der Waals surface area contributed by atoms with Crippen LogP contribution in [0.2, 0.25) is 0 Å². The Morgan fingerprint density at radius 3 is 2.24 bits per heavy atom. The number of hydrogen-bond acceptors (Lipinski definition) is 1. The summed E-state index contributed by atoms with van der Waals surface area (Å²) in [6.45, 7) is 6.44. The fraction of sp³-hybridized carbons (Fsp3) is 0.250. The topological polar surface area (TPSA) is 26.0 Å². The molecule has 0 atom stereocenters. The molecule has 0 aliphatic rings. The van der Waals surface area contributed by atoms with E-state index >= 15 is 0 Å². The van der Waals surface area contributed by atoms with Crippen molar-refractivity contribution in [3.8, 4) is 11.1 Å². The summed E-state index contributed by atoms with van der Waals surface area (Å²) < 4.78 is 0. The molecule has 2 N–H and O–H groups in total. The summed E-state index contributed by atoms with van der Waals surface area (Å²) in [6, 6.07) is 14.9. The van der Waals surface area contributed by atoms with Gasteiger partial charge in [-0.3, -0.25) is 0 Å². The van der Waals surface area contributed by atoms with Gasteiger partial charge in [-0.25, -0.2) is 0 Å². The predicted octanol–water partition coefficient (Wildman–Crippen LogP) is 4.37. The normalized spacial score (nSPS) is 10.8. The second-order valence-electron chi connectivity index (χ2n) is 4.87. The maximum atomic E-state index is 6.10. The number of hydrogen-bond donors (Lipinski definition) is 1. The third kappa shape index (κ3) is 2.50. The number of benzene rings is 2. The van der Waals surface area contributed by atoms with Gasteiger partial charge in [0, 0.05) is 5.69 Å². The Labute approximate surface area is 103 Å². The monoisotopic (exact) mass is 225 g/mol. The molecular formula is C16H19N. The van der Waals surface area contributed by atoms with Crippen LogP contribution in [-0.2, 0) is 0 Å². The Hall–Kier alpha value is -1.76. The Balaban J connectivity index is 2.44. The lowest BCUT2D eigenvalue weighted by molar-refractivity contribution is 0.870. The fourth-order valence-electron chi connectivity index (χ4n) is 2.10. The molecule has 0 bridgehead atoms. The van der Waals surface area contributed by atoms with Crippen LogP contribution in [0.5, 0.6) is 0 Å². The van der Waals surface area contributed by atoms with Crippen molar-refractivity contribution in [2.75, 3.05) is 5.73 Å². The lowest BCUT2D eigenvalue weighted by Crippen LogP contribution is -1.96. The first-order valence-electron chi connectivity index (χ1n) is 6.04. The standard InChI is InChI=1S/C16H19N/c1-11(2)15-8-7-14(10-16(15)17)13-6-4-5-12(3)9-13/h4-11H,17H2,1-3H3. The van der Waals surface area contributed by atoms with E-state index in [1.165, 1.54) is 22.3 Å². The molecule has 0 fully saturated rings. The van der Waals surface area contributed by atoms with Crippen LogP contribution in [0, 0.1) is 6.92 Å². The second kappa shape index (κ2) is 4.62. The highest BCUT2D eigenvalue weighted by Gasteiger charge is 2.06. The first-order valence-corrected chi connectivity index (χ1v) is 6.04. The molecule has 0 saturated heterocycles. The van der Waals surface area contributed by atoms with E-state index in [0.29, 0.717) is 5.92 Å². The lowest BCUT2D eigenvalue weighted by atomic mass is 9.96. The molecule has 0 aliphatic heterocycles. The van der Waals surface area contributed by atoms with Crippen LogP contribution in [0.25, 0.3) is 11.1 Å². The Kier molecular flexibility index (Phi) is 3.19. The molecule has 0 radical (unpaired) electrons. The highest BCUT2D eigenvalue weighted by atomic mass is 14.6. The van der Waals surface area contributed by atoms with Gasteiger partial charge in [-0.2, -0.15) is 0 Å². The first-order chi connectivity index (χ1) is 8.08. The summed E-state index contributed by atoms with van der Waals surface area (Å²) in [7, 11) is 0. The fourth-order valence-corrected chi connectivity index (χ4v) is 2.10. The quantitative estimate of drug-likeness (QED) is 0.755. The SMILES string of the molecule is Cc1cccc(-c2ccc(C(C)C)c(N)c2)c1. The van der Waals surface area contributed by atoms with Gasteiger partial charge >= 0.3 is 0 Å². The van der Waals surface area contributed by atoms with Crippen LogP contribution in [0.3, 0.4) is 0 Å². The third-order valence-electron chi connectivity index (χ3n) is 3.06. The highest BCUT2D eigenvalue weighted by Crippen LogP contribution is 2.28. The summed E-state index contributed by atoms with van der Waals surface area (Å²) in [4.78, 5) is 0. The first kappa shape index (κ1) is 11.7. The van der Waals surface area contributed by atoms with E-state index in [2.05, 4.69) is 63.2 Å². The average molecular weight is 225 g/mol. The van der Waals surface area contributed by atoms with Gasteiger partial charge in [0.2, 0.25) is 0 Å². The summed E-state index contributed by atoms with van der Waals surface area (Å²) in [6.07, 6.45) is 0. The maximum Gasteiger partial charge on any atom is 0.0355 e. The maximum absolute atomic E-state index is 6.10. The van der Waals surface area contributed by atoms with Gasteiger partial charge in [0.25, 0.3) is 0 Å². The van der Waals surface area contributed by atoms with Crippen molar-refractivity contribution in [2.45, 2.75) is 26.7 Å². The molecule has 17 heavy (non-hydrogen) atoms. The lowest BCUT2D eigenvalue weighted by Gasteiger charge is -2.11. The van der Waals surface area contributed by atoms with Gasteiger partial charge < -0.3 is 5.73 Å². The van der Waals surface area contributed by atoms with E-state index < -0.39 is 0 Å². The zero-order valence-corrected chi connectivity index (χ0v) is 10.7. The minimum absolute atomic E-state index is 0.474. The van der Waals surface area contributed by atoms with Crippen LogP contribution < -0.4 is 5.73 Å². The number of nitrogen functional groups attached to an aromatic ring is 1. The smallest absolute Gasteiger partial charge is 0.0355 e. The van der Waals surface area contributed by atoms with E-state index in [4.69, 9.17) is 5.73 Å². The zero-order chi connectivity index (χ0) is 12.4. The molecule has 2 rings (SSSR count). The zero-order valence-electron chi connectivity index (χ0n) is 10.7. The molecule has 0 unspecified atom stereocenters. The molecule has 2 aromatic carbocycles. The Morgan fingerprint density at radius 1 is 0.941 bits per heavy atom. The largest absolute Gasteiger partial charge is 0.398 e. The van der Waals surface area contributed by atoms with Gasteiger partial charge in [-0.05, 0) is 35.6 Å². The van der Waals surface area contributed by atoms with E-state index in [-0.39, 0.29) is 0 Å². The van der Waals surface area contributed by atoms with Crippen molar-refractivity contribution in [2.24, 2.45) is 0 Å². The van der Waals surface area contributed by atoms with Gasteiger partial charge in [0.15, 0.2) is 0 Å². The van der Waals surface area contributed by atoms with Gasteiger partial charge in [0.1, 0.15) is 0 Å². The average Bonchev–Trinajstić information content (AvgIpc) is 2.28. The summed E-state index contributed by atoms with van der Waals surface area (Å²) in [5.74, 6) is 0.474. The molecular weight excluding hydrogens is 206 g/mol. The Bertz CT molecular complexity index is 527. The van der Waals surface area contributed by atoms with Crippen LogP contribution in [0.15, 0.2) is 42.5 Å². The number of rotatable bonds is 2. The van der Waals surface area contributed by atoms with Crippen molar-refractivity contribution >= 4 is 5.69 Å². The number of nitrogens with two attached hydrogens (primary N) is 1. The highest BCUT2D eigenvalue weighted by molar-refractivity contribution is 5.69. The predicted molar refractivity (Wildman–Crippen MR) is 75.1 cm³/mol. The minimum Gasteiger partial charge on any atom is -0.398 e. The number of anilines is 1. The van der Waals surface area contributed by atoms with E-state index in [9.17, 15) is 0 Å². The molecule has 0 heterocycles. The summed E-state index contributed by atoms with van der Waals surface area (Å²) in [5, 5.41) is 0. The van der Waals surface area contributed by atoms with Crippen LogP contribution >= 0.6 is 0 Å². The van der Waals surface area contributed by atoms with Gasteiger partial charge in [-0.15, -0.1) is 0 Å². The summed E-state index contributed by atoms with van der Waals surface area (Å²) in [5.41, 5.74) is 11.9. The van der Waals surface area contributed by atoms with Crippen molar-refractivity contribution in [1.29, 1.82) is 0 Å². The van der Waals surface area contributed by atoms with Gasteiger partial charge in [-0.1, -0.05) is 55.8 Å². The molecule has 0 aliphatic carbocycles. The van der Waals surface area contributed by atoms with E-state index in [1.54, 1.807) is 0 Å². The van der Waals surface area contributed by atoms with Crippen LogP contribution in [0.4, 0.5) is 5.69 Å². The summed E-state index contributed by atoms with van der Waals surface area (Å²) >= 11 is 0. The second-order valence-corrected chi connectivity index (χ2v) is 4.87.